The summed E-state index contributed by atoms with van der Waals surface area (Å²) in [7, 11) is 0. The van der Waals surface area contributed by atoms with E-state index in [1.54, 1.807) is 4.68 Å². The molecule has 5 nitrogen and oxygen atoms in total. The van der Waals surface area contributed by atoms with Crippen molar-refractivity contribution >= 4 is 0 Å². The Balaban J connectivity index is 1.79. The Morgan fingerprint density at radius 2 is 2.28 bits per heavy atom. The molecule has 1 heterocycles. The molecule has 1 aromatic rings. The van der Waals surface area contributed by atoms with Crippen LogP contribution in [0.2, 0.25) is 0 Å². The van der Waals surface area contributed by atoms with Crippen LogP contribution in [0.5, 0.6) is 0 Å². The molecule has 0 amide bonds. The first-order valence-electron chi connectivity index (χ1n) is 6.92. The van der Waals surface area contributed by atoms with Gasteiger partial charge in [-0.1, -0.05) is 19.1 Å². The van der Waals surface area contributed by atoms with Crippen molar-refractivity contribution in [3.63, 3.8) is 0 Å². The quantitative estimate of drug-likeness (QED) is 0.826. The van der Waals surface area contributed by atoms with Gasteiger partial charge in [-0.3, -0.25) is 0 Å². The molecule has 0 saturated heterocycles. The highest BCUT2D eigenvalue weighted by molar-refractivity contribution is 4.93. The molecule has 102 valence electrons. The van der Waals surface area contributed by atoms with Crippen molar-refractivity contribution in [1.29, 1.82) is 0 Å². The SMILES string of the molecule is CC1CCC(NCc2cn(CCO)nn2)C(C)C1. The van der Waals surface area contributed by atoms with Crippen LogP contribution in [0, 0.1) is 11.8 Å². The standard InChI is InChI=1S/C13H24N4O/c1-10-3-4-13(11(2)7-10)14-8-12-9-17(5-6-18)16-15-12/h9-11,13-14,18H,3-8H2,1-2H3. The van der Waals surface area contributed by atoms with E-state index in [2.05, 4.69) is 29.5 Å². The Hall–Kier alpha value is -0.940. The molecule has 1 aromatic heterocycles. The highest BCUT2D eigenvalue weighted by Gasteiger charge is 2.24. The average Bonchev–Trinajstić information content (AvgIpc) is 2.76. The van der Waals surface area contributed by atoms with Crippen LogP contribution >= 0.6 is 0 Å². The summed E-state index contributed by atoms with van der Waals surface area (Å²) in [6.45, 7) is 6.07. The van der Waals surface area contributed by atoms with Crippen LogP contribution in [0.3, 0.4) is 0 Å². The second-order valence-electron chi connectivity index (χ2n) is 5.58. The Bertz CT molecular complexity index is 366. The summed E-state index contributed by atoms with van der Waals surface area (Å²) in [6.07, 6.45) is 5.79. The van der Waals surface area contributed by atoms with E-state index >= 15 is 0 Å². The zero-order valence-corrected chi connectivity index (χ0v) is 11.3. The van der Waals surface area contributed by atoms with Crippen molar-refractivity contribution < 1.29 is 5.11 Å². The number of aliphatic hydroxyl groups is 1. The molecular weight excluding hydrogens is 228 g/mol. The van der Waals surface area contributed by atoms with Gasteiger partial charge in [0.1, 0.15) is 0 Å². The van der Waals surface area contributed by atoms with E-state index in [9.17, 15) is 0 Å². The van der Waals surface area contributed by atoms with Crippen LogP contribution in [-0.2, 0) is 13.1 Å². The molecule has 1 aliphatic carbocycles. The normalized spacial score (nSPS) is 28.5. The van der Waals surface area contributed by atoms with Gasteiger partial charge in [-0.05, 0) is 31.1 Å². The van der Waals surface area contributed by atoms with Gasteiger partial charge < -0.3 is 10.4 Å². The number of aromatic nitrogens is 3. The number of hydrogen-bond acceptors (Lipinski definition) is 4. The molecule has 5 heteroatoms. The Labute approximate surface area is 109 Å². The minimum atomic E-state index is 0.105. The smallest absolute Gasteiger partial charge is 0.0964 e. The third kappa shape index (κ3) is 3.53. The maximum Gasteiger partial charge on any atom is 0.0964 e. The highest BCUT2D eigenvalue weighted by atomic mass is 16.3. The largest absolute Gasteiger partial charge is 0.394 e. The van der Waals surface area contributed by atoms with Gasteiger partial charge in [-0.2, -0.15) is 0 Å². The molecule has 0 radical (unpaired) electrons. The minimum absolute atomic E-state index is 0.105. The fourth-order valence-electron chi connectivity index (χ4n) is 2.84. The van der Waals surface area contributed by atoms with Crippen molar-refractivity contribution in [2.45, 2.75) is 52.2 Å². The van der Waals surface area contributed by atoms with Gasteiger partial charge in [0.15, 0.2) is 0 Å². The number of nitrogens with zero attached hydrogens (tertiary/aromatic N) is 3. The van der Waals surface area contributed by atoms with E-state index in [0.29, 0.717) is 12.6 Å². The first-order valence-corrected chi connectivity index (χ1v) is 6.92. The molecule has 2 N–H and O–H groups in total. The van der Waals surface area contributed by atoms with Gasteiger partial charge in [0, 0.05) is 18.8 Å². The summed E-state index contributed by atoms with van der Waals surface area (Å²) in [5.74, 6) is 1.60. The minimum Gasteiger partial charge on any atom is -0.394 e. The molecule has 0 bridgehead atoms. The molecule has 1 fully saturated rings. The van der Waals surface area contributed by atoms with Crippen LogP contribution in [0.4, 0.5) is 0 Å². The zero-order chi connectivity index (χ0) is 13.0. The molecule has 0 aromatic carbocycles. The maximum atomic E-state index is 8.82. The van der Waals surface area contributed by atoms with E-state index in [0.717, 1.165) is 24.1 Å². The highest BCUT2D eigenvalue weighted by Crippen LogP contribution is 2.28. The van der Waals surface area contributed by atoms with E-state index in [4.69, 9.17) is 5.11 Å². The monoisotopic (exact) mass is 252 g/mol. The molecule has 18 heavy (non-hydrogen) atoms. The van der Waals surface area contributed by atoms with Crippen molar-refractivity contribution in [2.75, 3.05) is 6.61 Å². The summed E-state index contributed by atoms with van der Waals surface area (Å²) in [5, 5.41) is 20.5. The predicted molar refractivity (Wildman–Crippen MR) is 69.9 cm³/mol. The van der Waals surface area contributed by atoms with E-state index in [-0.39, 0.29) is 6.61 Å². The van der Waals surface area contributed by atoms with Crippen molar-refractivity contribution in [3.8, 4) is 0 Å². The number of nitrogens with one attached hydrogen (secondary N) is 1. The lowest BCUT2D eigenvalue weighted by Gasteiger charge is -2.33. The van der Waals surface area contributed by atoms with Crippen molar-refractivity contribution in [3.05, 3.63) is 11.9 Å². The first-order chi connectivity index (χ1) is 8.69. The topological polar surface area (TPSA) is 63.0 Å². The van der Waals surface area contributed by atoms with Crippen molar-refractivity contribution in [1.82, 2.24) is 20.3 Å². The van der Waals surface area contributed by atoms with Crippen molar-refractivity contribution in [2.24, 2.45) is 11.8 Å². The fourth-order valence-corrected chi connectivity index (χ4v) is 2.84. The molecule has 3 atom stereocenters. The van der Waals surface area contributed by atoms with E-state index < -0.39 is 0 Å². The number of hydrogen-bond donors (Lipinski definition) is 2. The lowest BCUT2D eigenvalue weighted by molar-refractivity contribution is 0.226. The molecule has 2 rings (SSSR count). The van der Waals surface area contributed by atoms with Crippen LogP contribution in [0.25, 0.3) is 0 Å². The van der Waals surface area contributed by atoms with Crippen LogP contribution in [-0.4, -0.2) is 32.7 Å². The van der Waals surface area contributed by atoms with Gasteiger partial charge in [0.25, 0.3) is 0 Å². The summed E-state index contributed by atoms with van der Waals surface area (Å²) >= 11 is 0. The van der Waals surface area contributed by atoms with Gasteiger partial charge in [0.2, 0.25) is 0 Å². The zero-order valence-electron chi connectivity index (χ0n) is 11.3. The lowest BCUT2D eigenvalue weighted by Crippen LogP contribution is -2.38. The Kier molecular flexibility index (Phi) is 4.72. The van der Waals surface area contributed by atoms with E-state index in [1.165, 1.54) is 19.3 Å². The first kappa shape index (κ1) is 13.5. The van der Waals surface area contributed by atoms with Gasteiger partial charge >= 0.3 is 0 Å². The molecule has 1 aliphatic rings. The average molecular weight is 252 g/mol. The maximum absolute atomic E-state index is 8.82. The fraction of sp³-hybridized carbons (Fsp3) is 0.846. The van der Waals surface area contributed by atoms with Crippen LogP contribution < -0.4 is 5.32 Å². The second-order valence-corrected chi connectivity index (χ2v) is 5.58. The number of aliphatic hydroxyl groups excluding tert-OH is 1. The molecule has 0 aliphatic heterocycles. The molecule has 1 saturated carbocycles. The molecule has 3 unspecified atom stereocenters. The van der Waals surface area contributed by atoms with Gasteiger partial charge in [0.05, 0.1) is 18.8 Å². The Morgan fingerprint density at radius 3 is 3.00 bits per heavy atom. The third-order valence-corrected chi connectivity index (χ3v) is 3.89. The summed E-state index contributed by atoms with van der Waals surface area (Å²) < 4.78 is 1.68. The van der Waals surface area contributed by atoms with Gasteiger partial charge in [-0.15, -0.1) is 5.10 Å². The Morgan fingerprint density at radius 1 is 1.44 bits per heavy atom. The third-order valence-electron chi connectivity index (χ3n) is 3.89. The van der Waals surface area contributed by atoms with Crippen LogP contribution in [0.15, 0.2) is 6.20 Å². The van der Waals surface area contributed by atoms with E-state index in [1.807, 2.05) is 6.20 Å². The summed E-state index contributed by atoms with van der Waals surface area (Å²) in [4.78, 5) is 0. The number of rotatable bonds is 5. The van der Waals surface area contributed by atoms with Crippen LogP contribution in [0.1, 0.15) is 38.8 Å². The molecule has 0 spiro atoms. The van der Waals surface area contributed by atoms with Gasteiger partial charge in [-0.25, -0.2) is 4.68 Å². The summed E-state index contributed by atoms with van der Waals surface area (Å²) in [6, 6.07) is 0.601. The summed E-state index contributed by atoms with van der Waals surface area (Å²) in [5.41, 5.74) is 0.953. The predicted octanol–water partition coefficient (Wildman–Crippen LogP) is 1.18. The second kappa shape index (κ2) is 6.29. The molecular formula is C13H24N4O. The lowest BCUT2D eigenvalue weighted by atomic mass is 9.80.